The largest absolute Gasteiger partial charge is 0.497 e. The van der Waals surface area contributed by atoms with Gasteiger partial charge in [0.25, 0.3) is 5.56 Å². The van der Waals surface area contributed by atoms with Gasteiger partial charge >= 0.3 is 0 Å². The van der Waals surface area contributed by atoms with Gasteiger partial charge in [-0.2, -0.15) is 0 Å². The van der Waals surface area contributed by atoms with Crippen molar-refractivity contribution in [3.8, 4) is 5.75 Å². The van der Waals surface area contributed by atoms with Gasteiger partial charge in [-0.25, -0.2) is 4.98 Å². The number of likely N-dealkylation sites (tertiary alicyclic amines) is 1. The second kappa shape index (κ2) is 7.01. The lowest BCUT2D eigenvalue weighted by Gasteiger charge is -2.40. The van der Waals surface area contributed by atoms with E-state index in [0.717, 1.165) is 73.5 Å². The summed E-state index contributed by atoms with van der Waals surface area (Å²) in [6.07, 6.45) is 6.27. The Labute approximate surface area is 170 Å². The fraction of sp³-hybridized carbons (Fsp3) is 0.522. The van der Waals surface area contributed by atoms with E-state index in [1.54, 1.807) is 7.11 Å². The molecule has 2 fully saturated rings. The number of benzene rings is 1. The van der Waals surface area contributed by atoms with E-state index in [9.17, 15) is 9.59 Å². The number of aromatic nitrogens is 2. The zero-order chi connectivity index (χ0) is 20.0. The highest BCUT2D eigenvalue weighted by atomic mass is 16.5. The van der Waals surface area contributed by atoms with Crippen LogP contribution in [0.2, 0.25) is 0 Å². The number of H-pyrrole nitrogens is 1. The molecule has 6 nitrogen and oxygen atoms in total. The topological polar surface area (TPSA) is 75.3 Å². The fourth-order valence-electron chi connectivity index (χ4n) is 4.99. The molecule has 6 heteroatoms. The number of amides is 1. The number of nitrogens with zero attached hydrogens (tertiary/aromatic N) is 2. The third-order valence-electron chi connectivity index (χ3n) is 6.80. The second-order valence-corrected chi connectivity index (χ2v) is 8.78. The van der Waals surface area contributed by atoms with Gasteiger partial charge in [-0.05, 0) is 56.2 Å². The molecule has 1 aliphatic heterocycles. The summed E-state index contributed by atoms with van der Waals surface area (Å²) in [7, 11) is 1.64. The number of methoxy groups -OCH3 is 1. The summed E-state index contributed by atoms with van der Waals surface area (Å²) in [6, 6.07) is 7.68. The SMILES string of the molecule is COc1ccc(CC(=O)N2CCCC3(CCc4c3nc(C3CC3)[nH]c4=O)C2)cc1. The lowest BCUT2D eigenvalue weighted by Crippen LogP contribution is -2.48. The van der Waals surface area contributed by atoms with E-state index in [4.69, 9.17) is 9.72 Å². The molecule has 1 saturated carbocycles. The number of rotatable bonds is 4. The summed E-state index contributed by atoms with van der Waals surface area (Å²) >= 11 is 0. The smallest absolute Gasteiger partial charge is 0.254 e. The molecule has 1 aromatic carbocycles. The minimum atomic E-state index is -0.152. The summed E-state index contributed by atoms with van der Waals surface area (Å²) in [5, 5.41) is 0. The van der Waals surface area contributed by atoms with Gasteiger partial charge in [0.05, 0.1) is 19.2 Å². The van der Waals surface area contributed by atoms with Gasteiger partial charge in [0.2, 0.25) is 5.91 Å². The Morgan fingerprint density at radius 3 is 2.79 bits per heavy atom. The molecule has 1 aromatic heterocycles. The van der Waals surface area contributed by atoms with Crippen molar-refractivity contribution in [1.29, 1.82) is 0 Å². The lowest BCUT2D eigenvalue weighted by atomic mass is 9.77. The molecule has 1 N–H and O–H groups in total. The molecule has 2 aliphatic carbocycles. The molecule has 1 unspecified atom stereocenters. The summed E-state index contributed by atoms with van der Waals surface area (Å²) in [4.78, 5) is 35.6. The fourth-order valence-corrected chi connectivity index (χ4v) is 4.99. The lowest BCUT2D eigenvalue weighted by molar-refractivity contribution is -0.132. The van der Waals surface area contributed by atoms with Crippen LogP contribution in [0.3, 0.4) is 0 Å². The van der Waals surface area contributed by atoms with Crippen molar-refractivity contribution in [2.45, 2.75) is 56.3 Å². The van der Waals surface area contributed by atoms with Crippen LogP contribution >= 0.6 is 0 Å². The Morgan fingerprint density at radius 2 is 2.07 bits per heavy atom. The van der Waals surface area contributed by atoms with Gasteiger partial charge in [0, 0.05) is 30.0 Å². The van der Waals surface area contributed by atoms with E-state index in [-0.39, 0.29) is 16.9 Å². The molecular formula is C23H27N3O3. The molecule has 3 aliphatic rings. The zero-order valence-corrected chi connectivity index (χ0v) is 16.9. The first-order valence-electron chi connectivity index (χ1n) is 10.6. The Hall–Kier alpha value is -2.63. The van der Waals surface area contributed by atoms with E-state index in [2.05, 4.69) is 4.98 Å². The van der Waals surface area contributed by atoms with Crippen molar-refractivity contribution in [3.05, 3.63) is 57.3 Å². The number of carbonyl (C=O) groups excluding carboxylic acids is 1. The van der Waals surface area contributed by atoms with Crippen molar-refractivity contribution in [1.82, 2.24) is 14.9 Å². The molecule has 1 amide bonds. The number of carbonyl (C=O) groups is 1. The molecule has 29 heavy (non-hydrogen) atoms. The maximum absolute atomic E-state index is 13.0. The average molecular weight is 393 g/mol. The number of fused-ring (bicyclic) bond motifs is 2. The van der Waals surface area contributed by atoms with Crippen LogP contribution in [-0.2, 0) is 23.1 Å². The molecular weight excluding hydrogens is 366 g/mol. The molecule has 0 bridgehead atoms. The predicted octanol–water partition coefficient (Wildman–Crippen LogP) is 2.71. The first-order valence-corrected chi connectivity index (χ1v) is 10.6. The number of nitrogens with one attached hydrogen (secondary N) is 1. The molecule has 2 heterocycles. The highest BCUT2D eigenvalue weighted by molar-refractivity contribution is 5.79. The van der Waals surface area contributed by atoms with Crippen LogP contribution in [0.5, 0.6) is 5.75 Å². The first-order chi connectivity index (χ1) is 14.1. The van der Waals surface area contributed by atoms with E-state index >= 15 is 0 Å². The van der Waals surface area contributed by atoms with Crippen LogP contribution < -0.4 is 10.3 Å². The maximum Gasteiger partial charge on any atom is 0.254 e. The van der Waals surface area contributed by atoms with E-state index in [1.165, 1.54) is 0 Å². The molecule has 0 radical (unpaired) electrons. The Balaban J connectivity index is 1.37. The molecule has 5 rings (SSSR count). The van der Waals surface area contributed by atoms with Gasteiger partial charge in [0.1, 0.15) is 11.6 Å². The summed E-state index contributed by atoms with van der Waals surface area (Å²) < 4.78 is 5.20. The standard InChI is InChI=1S/C23H27N3O3/c1-29-17-7-3-15(4-8-17)13-19(27)26-12-2-10-23(14-26)11-9-18-20(23)24-21(16-5-6-16)25-22(18)28/h3-4,7-8,16H,2,5-6,9-14H2,1H3,(H,24,25,28). The quantitative estimate of drug-likeness (QED) is 0.867. The number of hydrogen-bond acceptors (Lipinski definition) is 4. The van der Waals surface area contributed by atoms with E-state index < -0.39 is 0 Å². The van der Waals surface area contributed by atoms with Crippen LogP contribution in [0.1, 0.15) is 60.7 Å². The van der Waals surface area contributed by atoms with Crippen LogP contribution in [-0.4, -0.2) is 41.0 Å². The van der Waals surface area contributed by atoms with Gasteiger partial charge in [-0.15, -0.1) is 0 Å². The van der Waals surface area contributed by atoms with Gasteiger partial charge in [-0.3, -0.25) is 9.59 Å². The molecule has 2 aromatic rings. The van der Waals surface area contributed by atoms with Crippen LogP contribution in [0.4, 0.5) is 0 Å². The Bertz CT molecular complexity index is 993. The van der Waals surface area contributed by atoms with E-state index in [1.807, 2.05) is 29.2 Å². The minimum Gasteiger partial charge on any atom is -0.497 e. The van der Waals surface area contributed by atoms with Crippen molar-refractivity contribution >= 4 is 5.91 Å². The number of ether oxygens (including phenoxy) is 1. The van der Waals surface area contributed by atoms with Crippen LogP contribution in [0, 0.1) is 0 Å². The first kappa shape index (κ1) is 18.4. The monoisotopic (exact) mass is 393 g/mol. The molecule has 152 valence electrons. The maximum atomic E-state index is 13.0. The van der Waals surface area contributed by atoms with Crippen LogP contribution in [0.15, 0.2) is 29.1 Å². The Morgan fingerprint density at radius 1 is 1.28 bits per heavy atom. The average Bonchev–Trinajstić information content (AvgIpc) is 3.53. The predicted molar refractivity (Wildman–Crippen MR) is 109 cm³/mol. The highest BCUT2D eigenvalue weighted by Crippen LogP contribution is 2.45. The van der Waals surface area contributed by atoms with Crippen molar-refractivity contribution < 1.29 is 9.53 Å². The highest BCUT2D eigenvalue weighted by Gasteiger charge is 2.46. The van der Waals surface area contributed by atoms with Crippen molar-refractivity contribution in [3.63, 3.8) is 0 Å². The zero-order valence-electron chi connectivity index (χ0n) is 16.9. The van der Waals surface area contributed by atoms with Crippen LogP contribution in [0.25, 0.3) is 0 Å². The second-order valence-electron chi connectivity index (χ2n) is 8.78. The van der Waals surface area contributed by atoms with Gasteiger partial charge < -0.3 is 14.6 Å². The third kappa shape index (κ3) is 3.34. The van der Waals surface area contributed by atoms with Gasteiger partial charge in [-0.1, -0.05) is 12.1 Å². The Kier molecular flexibility index (Phi) is 4.45. The number of aromatic amines is 1. The van der Waals surface area contributed by atoms with Gasteiger partial charge in [0.15, 0.2) is 0 Å². The molecule has 1 atom stereocenters. The summed E-state index contributed by atoms with van der Waals surface area (Å²) in [6.45, 7) is 1.46. The van der Waals surface area contributed by atoms with Crippen molar-refractivity contribution in [2.24, 2.45) is 0 Å². The molecule has 1 spiro atoms. The number of piperidine rings is 1. The number of hydrogen-bond donors (Lipinski definition) is 1. The minimum absolute atomic E-state index is 0.0375. The normalized spacial score (nSPS) is 23.3. The summed E-state index contributed by atoms with van der Waals surface area (Å²) in [5.41, 5.74) is 2.70. The molecule has 1 saturated heterocycles. The third-order valence-corrected chi connectivity index (χ3v) is 6.80. The summed E-state index contributed by atoms with van der Waals surface area (Å²) in [5.74, 6) is 2.22. The van der Waals surface area contributed by atoms with E-state index in [0.29, 0.717) is 18.9 Å². The van der Waals surface area contributed by atoms with Crippen molar-refractivity contribution in [2.75, 3.05) is 20.2 Å².